The van der Waals surface area contributed by atoms with Crippen LogP contribution in [0.3, 0.4) is 0 Å². The van der Waals surface area contributed by atoms with Gasteiger partial charge in [-0.1, -0.05) is 17.7 Å². The third-order valence-electron chi connectivity index (χ3n) is 3.86. The lowest BCUT2D eigenvalue weighted by molar-refractivity contribution is 0.151. The van der Waals surface area contributed by atoms with Crippen molar-refractivity contribution in [2.45, 2.75) is 50.6 Å². The number of aliphatic hydroxyl groups excluding tert-OH is 1. The summed E-state index contributed by atoms with van der Waals surface area (Å²) in [6, 6.07) is 5.68. The highest BCUT2D eigenvalue weighted by Gasteiger charge is 2.30. The van der Waals surface area contributed by atoms with Crippen molar-refractivity contribution in [2.24, 2.45) is 0 Å². The highest BCUT2D eigenvalue weighted by atomic mass is 32.2. The topological polar surface area (TPSA) is 63.6 Å². The van der Waals surface area contributed by atoms with E-state index in [-0.39, 0.29) is 18.0 Å². The second kappa shape index (κ2) is 6.14. The minimum absolute atomic E-state index is 0.0702. The Hall–Kier alpha value is -1.07. The molecule has 1 N–H and O–H groups in total. The first-order chi connectivity index (χ1) is 9.40. The van der Waals surface area contributed by atoms with Crippen molar-refractivity contribution in [2.75, 3.05) is 6.26 Å². The standard InChI is InChI=1S/C15H22O4S/c1-11-6-7-15(12(8-11)10-16)19-13-4-3-5-14(9-13)20(2,17)18/h6-8,13-14,16H,3-5,9-10H2,1-2H3. The molecule has 0 spiro atoms. The largest absolute Gasteiger partial charge is 0.490 e. The molecule has 1 fully saturated rings. The summed E-state index contributed by atoms with van der Waals surface area (Å²) in [5.41, 5.74) is 1.82. The molecule has 20 heavy (non-hydrogen) atoms. The molecule has 0 radical (unpaired) electrons. The van der Waals surface area contributed by atoms with E-state index in [4.69, 9.17) is 4.74 Å². The van der Waals surface area contributed by atoms with Gasteiger partial charge in [0, 0.05) is 18.2 Å². The second-order valence-corrected chi connectivity index (χ2v) is 7.95. The molecule has 0 heterocycles. The van der Waals surface area contributed by atoms with Gasteiger partial charge < -0.3 is 9.84 Å². The Morgan fingerprint density at radius 2 is 2.10 bits per heavy atom. The number of ether oxygens (including phenoxy) is 1. The van der Waals surface area contributed by atoms with Gasteiger partial charge in [0.1, 0.15) is 15.6 Å². The number of rotatable bonds is 4. The molecule has 0 aromatic heterocycles. The minimum Gasteiger partial charge on any atom is -0.490 e. The Labute approximate surface area is 120 Å². The van der Waals surface area contributed by atoms with Crippen LogP contribution in [0, 0.1) is 6.92 Å². The molecule has 2 rings (SSSR count). The summed E-state index contributed by atoms with van der Waals surface area (Å²) in [6.07, 6.45) is 4.20. The van der Waals surface area contributed by atoms with Gasteiger partial charge in [0.15, 0.2) is 0 Å². The van der Waals surface area contributed by atoms with Crippen molar-refractivity contribution in [3.8, 4) is 5.75 Å². The Bertz CT molecular complexity index is 565. The molecule has 2 unspecified atom stereocenters. The van der Waals surface area contributed by atoms with E-state index in [0.717, 1.165) is 30.4 Å². The van der Waals surface area contributed by atoms with Crippen LogP contribution in [-0.2, 0) is 16.4 Å². The van der Waals surface area contributed by atoms with Crippen LogP contribution in [0.15, 0.2) is 18.2 Å². The van der Waals surface area contributed by atoms with E-state index in [1.807, 2.05) is 25.1 Å². The summed E-state index contributed by atoms with van der Waals surface area (Å²) in [5, 5.41) is 9.08. The summed E-state index contributed by atoms with van der Waals surface area (Å²) in [7, 11) is -3.00. The van der Waals surface area contributed by atoms with Crippen LogP contribution >= 0.6 is 0 Å². The Morgan fingerprint density at radius 1 is 1.35 bits per heavy atom. The van der Waals surface area contributed by atoms with E-state index < -0.39 is 9.84 Å². The second-order valence-electron chi connectivity index (χ2n) is 5.63. The average Bonchev–Trinajstić information content (AvgIpc) is 2.40. The summed E-state index contributed by atoms with van der Waals surface area (Å²) >= 11 is 0. The fourth-order valence-corrected chi connectivity index (χ4v) is 3.88. The van der Waals surface area contributed by atoms with E-state index >= 15 is 0 Å². The summed E-state index contributed by atoms with van der Waals surface area (Å²) < 4.78 is 29.2. The minimum atomic E-state index is -3.00. The van der Waals surface area contributed by atoms with Crippen molar-refractivity contribution >= 4 is 9.84 Å². The smallest absolute Gasteiger partial charge is 0.150 e. The molecule has 1 aromatic rings. The van der Waals surface area contributed by atoms with Gasteiger partial charge >= 0.3 is 0 Å². The lowest BCUT2D eigenvalue weighted by atomic mass is 9.97. The molecule has 5 heteroatoms. The normalized spacial score (nSPS) is 23.6. The van der Waals surface area contributed by atoms with Gasteiger partial charge in [-0.15, -0.1) is 0 Å². The number of hydrogen-bond donors (Lipinski definition) is 1. The van der Waals surface area contributed by atoms with E-state index in [9.17, 15) is 13.5 Å². The predicted molar refractivity (Wildman–Crippen MR) is 78.6 cm³/mol. The van der Waals surface area contributed by atoms with Gasteiger partial charge in [0.25, 0.3) is 0 Å². The third kappa shape index (κ3) is 3.73. The van der Waals surface area contributed by atoms with Gasteiger partial charge in [-0.3, -0.25) is 0 Å². The van der Waals surface area contributed by atoms with Crippen LogP contribution in [0.5, 0.6) is 5.75 Å². The molecule has 0 aliphatic heterocycles. The van der Waals surface area contributed by atoms with E-state index in [2.05, 4.69) is 0 Å². The summed E-state index contributed by atoms with van der Waals surface area (Å²) in [4.78, 5) is 0. The highest BCUT2D eigenvalue weighted by molar-refractivity contribution is 7.91. The zero-order valence-corrected chi connectivity index (χ0v) is 12.8. The molecule has 2 atom stereocenters. The molecule has 4 nitrogen and oxygen atoms in total. The van der Waals surface area contributed by atoms with Crippen molar-refractivity contribution in [3.63, 3.8) is 0 Å². The number of aryl methyl sites for hydroxylation is 1. The lowest BCUT2D eigenvalue weighted by Gasteiger charge is -2.29. The molecule has 0 bridgehead atoms. The first kappa shape index (κ1) is 15.3. The predicted octanol–water partition coefficient (Wildman–Crippen LogP) is 2.22. The first-order valence-corrected chi connectivity index (χ1v) is 8.91. The van der Waals surface area contributed by atoms with Gasteiger partial charge in [0.05, 0.1) is 18.0 Å². The average molecular weight is 298 g/mol. The zero-order valence-electron chi connectivity index (χ0n) is 12.0. The molecule has 1 aliphatic carbocycles. The molecule has 1 saturated carbocycles. The van der Waals surface area contributed by atoms with Crippen molar-refractivity contribution in [1.82, 2.24) is 0 Å². The molecule has 1 aliphatic rings. The molecule has 0 amide bonds. The molecule has 0 saturated heterocycles. The van der Waals surface area contributed by atoms with E-state index in [0.29, 0.717) is 12.2 Å². The van der Waals surface area contributed by atoms with Crippen LogP contribution in [-0.4, -0.2) is 31.1 Å². The summed E-state index contributed by atoms with van der Waals surface area (Å²) in [6.45, 7) is 1.89. The Morgan fingerprint density at radius 3 is 2.75 bits per heavy atom. The van der Waals surface area contributed by atoms with Crippen LogP contribution in [0.2, 0.25) is 0 Å². The third-order valence-corrected chi connectivity index (χ3v) is 5.50. The maximum absolute atomic E-state index is 11.7. The van der Waals surface area contributed by atoms with Crippen molar-refractivity contribution < 1.29 is 18.3 Å². The maximum Gasteiger partial charge on any atom is 0.150 e. The van der Waals surface area contributed by atoms with Gasteiger partial charge in [-0.05, 0) is 32.3 Å². The van der Waals surface area contributed by atoms with Crippen molar-refractivity contribution in [3.05, 3.63) is 29.3 Å². The Balaban J connectivity index is 2.10. The number of sulfone groups is 1. The molecular formula is C15H22O4S. The highest BCUT2D eigenvalue weighted by Crippen LogP contribution is 2.29. The lowest BCUT2D eigenvalue weighted by Crippen LogP contribution is -2.33. The van der Waals surface area contributed by atoms with Gasteiger partial charge in [-0.25, -0.2) is 8.42 Å². The SMILES string of the molecule is Cc1ccc(OC2CCCC(S(C)(=O)=O)C2)c(CO)c1. The monoisotopic (exact) mass is 298 g/mol. The fourth-order valence-electron chi connectivity index (χ4n) is 2.72. The van der Waals surface area contributed by atoms with Gasteiger partial charge in [-0.2, -0.15) is 0 Å². The van der Waals surface area contributed by atoms with Crippen molar-refractivity contribution in [1.29, 1.82) is 0 Å². The first-order valence-electron chi connectivity index (χ1n) is 6.96. The Kier molecular flexibility index (Phi) is 4.70. The number of hydrogen-bond acceptors (Lipinski definition) is 4. The van der Waals surface area contributed by atoms with Crippen LogP contribution in [0.4, 0.5) is 0 Å². The molecule has 112 valence electrons. The number of aliphatic hydroxyl groups is 1. The van der Waals surface area contributed by atoms with Gasteiger partial charge in [0.2, 0.25) is 0 Å². The number of benzene rings is 1. The van der Waals surface area contributed by atoms with Crippen LogP contribution in [0.1, 0.15) is 36.8 Å². The van der Waals surface area contributed by atoms with Crippen LogP contribution < -0.4 is 4.74 Å². The van der Waals surface area contributed by atoms with E-state index in [1.165, 1.54) is 6.26 Å². The maximum atomic E-state index is 11.7. The summed E-state index contributed by atoms with van der Waals surface area (Å²) in [5.74, 6) is 0.664. The van der Waals surface area contributed by atoms with Crippen LogP contribution in [0.25, 0.3) is 0 Å². The fraction of sp³-hybridized carbons (Fsp3) is 0.600. The quantitative estimate of drug-likeness (QED) is 0.926. The zero-order chi connectivity index (χ0) is 14.8. The van der Waals surface area contributed by atoms with E-state index in [1.54, 1.807) is 0 Å². The molecular weight excluding hydrogens is 276 g/mol. The molecule has 1 aromatic carbocycles.